The molecule has 3 aromatic rings. The van der Waals surface area contributed by atoms with E-state index in [1.165, 1.54) is 18.4 Å². The van der Waals surface area contributed by atoms with Gasteiger partial charge in [0.05, 0.1) is 53.4 Å². The lowest BCUT2D eigenvalue weighted by Gasteiger charge is -2.36. The van der Waals surface area contributed by atoms with Crippen molar-refractivity contribution >= 4 is 42.6 Å². The molecule has 41 heavy (non-hydrogen) atoms. The number of aliphatic hydroxyl groups excluding tert-OH is 2. The van der Waals surface area contributed by atoms with Crippen molar-refractivity contribution in [3.05, 3.63) is 46.6 Å². The highest BCUT2D eigenvalue weighted by molar-refractivity contribution is 7.90. The van der Waals surface area contributed by atoms with Crippen LogP contribution in [-0.4, -0.2) is 88.0 Å². The van der Waals surface area contributed by atoms with Gasteiger partial charge in [-0.3, -0.25) is 4.90 Å². The van der Waals surface area contributed by atoms with E-state index in [1.54, 1.807) is 0 Å². The van der Waals surface area contributed by atoms with Gasteiger partial charge in [0.1, 0.15) is 22.6 Å². The van der Waals surface area contributed by atoms with Gasteiger partial charge in [0.15, 0.2) is 9.84 Å². The molecule has 0 aliphatic carbocycles. The zero-order valence-corrected chi connectivity index (χ0v) is 24.8. The summed E-state index contributed by atoms with van der Waals surface area (Å²) in [6.45, 7) is 2.92. The van der Waals surface area contributed by atoms with Crippen LogP contribution < -0.4 is 15.4 Å². The number of ether oxygens (including phenoxy) is 1. The second kappa shape index (κ2) is 13.4. The van der Waals surface area contributed by atoms with Gasteiger partial charge in [-0.15, -0.1) is 11.3 Å². The van der Waals surface area contributed by atoms with Crippen LogP contribution in [0.2, 0.25) is 0 Å². The quantitative estimate of drug-likeness (QED) is 0.259. The third-order valence-electron chi connectivity index (χ3n) is 7.04. The number of sulfone groups is 1. The van der Waals surface area contributed by atoms with Crippen LogP contribution in [0.3, 0.4) is 0 Å². The van der Waals surface area contributed by atoms with Gasteiger partial charge in [-0.05, 0) is 29.9 Å². The predicted molar refractivity (Wildman–Crippen MR) is 159 cm³/mol. The molecular formula is C29H35F2N3O5S2. The van der Waals surface area contributed by atoms with Crippen molar-refractivity contribution in [3.8, 4) is 17.6 Å². The number of thiophene rings is 1. The average Bonchev–Trinajstić information content (AvgIpc) is 3.30. The van der Waals surface area contributed by atoms with Gasteiger partial charge >= 0.3 is 0 Å². The second-order valence-corrected chi connectivity index (χ2v) is 13.0. The van der Waals surface area contributed by atoms with Gasteiger partial charge < -0.3 is 25.6 Å². The molecule has 8 nitrogen and oxygen atoms in total. The number of halogens is 2. The number of hydrogen-bond acceptors (Lipinski definition) is 9. The fourth-order valence-electron chi connectivity index (χ4n) is 4.98. The number of β-amino-alcohol motifs (C(OH)–C–C–N with tert-alkyl or cyclic N) is 1. The molecule has 0 bridgehead atoms. The van der Waals surface area contributed by atoms with E-state index in [9.17, 15) is 17.9 Å². The summed E-state index contributed by atoms with van der Waals surface area (Å²) in [5.74, 6) is 5.59. The van der Waals surface area contributed by atoms with Crippen LogP contribution in [0.25, 0.3) is 10.1 Å². The summed E-state index contributed by atoms with van der Waals surface area (Å²) in [6, 6.07) is 7.77. The van der Waals surface area contributed by atoms with Crippen molar-refractivity contribution in [3.63, 3.8) is 0 Å². The lowest BCUT2D eigenvalue weighted by atomic mass is 10.0. The van der Waals surface area contributed by atoms with Crippen molar-refractivity contribution in [2.45, 2.75) is 43.0 Å². The molecule has 1 fully saturated rings. The summed E-state index contributed by atoms with van der Waals surface area (Å²) in [5.41, 5.74) is 2.23. The molecular weight excluding hydrogens is 572 g/mol. The van der Waals surface area contributed by atoms with Crippen LogP contribution in [0.15, 0.2) is 35.2 Å². The van der Waals surface area contributed by atoms with Crippen LogP contribution >= 0.6 is 11.3 Å². The molecule has 0 radical (unpaired) electrons. The maximum atomic E-state index is 15.1. The third kappa shape index (κ3) is 7.28. The van der Waals surface area contributed by atoms with E-state index >= 15 is 4.39 Å². The number of aryl methyl sites for hydroxylation is 1. The fraction of sp³-hybridized carbons (Fsp3) is 0.448. The van der Waals surface area contributed by atoms with Gasteiger partial charge in [-0.1, -0.05) is 30.9 Å². The number of anilines is 2. The number of piperidine rings is 1. The number of fused-ring (bicyclic) bond motifs is 1. The Hall–Kier alpha value is -2.95. The molecule has 1 aliphatic heterocycles. The molecule has 1 aliphatic rings. The number of likely N-dealkylation sites (tertiary alicyclic amines) is 1. The summed E-state index contributed by atoms with van der Waals surface area (Å²) in [5, 5.41) is 26.2. The van der Waals surface area contributed by atoms with E-state index in [4.69, 9.17) is 9.84 Å². The number of benzene rings is 2. The first-order valence-corrected chi connectivity index (χ1v) is 16.0. The Morgan fingerprint density at radius 1 is 1.29 bits per heavy atom. The lowest BCUT2D eigenvalue weighted by molar-refractivity contribution is 0.0365. The molecule has 2 heterocycles. The highest BCUT2D eigenvalue weighted by Gasteiger charge is 2.30. The maximum absolute atomic E-state index is 15.1. The first kappa shape index (κ1) is 31.0. The molecule has 4 N–H and O–H groups in total. The molecule has 222 valence electrons. The molecule has 0 saturated carbocycles. The van der Waals surface area contributed by atoms with Crippen molar-refractivity contribution in [1.82, 2.24) is 4.90 Å². The lowest BCUT2D eigenvalue weighted by Crippen LogP contribution is -2.50. The van der Waals surface area contributed by atoms with Crippen LogP contribution in [-0.2, 0) is 16.3 Å². The van der Waals surface area contributed by atoms with Gasteiger partial charge in [-0.2, -0.15) is 0 Å². The summed E-state index contributed by atoms with van der Waals surface area (Å²) in [4.78, 5) is 2.28. The Morgan fingerprint density at radius 3 is 2.73 bits per heavy atom. The molecule has 4 rings (SSSR count). The van der Waals surface area contributed by atoms with E-state index < -0.39 is 32.8 Å². The average molecular weight is 608 g/mol. The predicted octanol–water partition coefficient (Wildman–Crippen LogP) is 3.66. The topological polar surface area (TPSA) is 111 Å². The van der Waals surface area contributed by atoms with Crippen molar-refractivity contribution < 1.29 is 32.1 Å². The third-order valence-corrected chi connectivity index (χ3v) is 9.35. The summed E-state index contributed by atoms with van der Waals surface area (Å²) < 4.78 is 59.3. The number of hydrogen-bond donors (Lipinski definition) is 4. The maximum Gasteiger partial charge on any atom is 0.178 e. The Kier molecular flexibility index (Phi) is 10.1. The number of rotatable bonds is 10. The van der Waals surface area contributed by atoms with E-state index in [1.807, 2.05) is 23.1 Å². The minimum Gasteiger partial charge on any atom is -0.495 e. The zero-order valence-electron chi connectivity index (χ0n) is 23.2. The first-order chi connectivity index (χ1) is 19.5. The number of methoxy groups -OCH3 is 1. The zero-order chi connectivity index (χ0) is 29.7. The standard InChI is InChI=1S/C29H35F2N3O5S2/c1-4-19-20-7-5-8-24(33-23-10-12-34(16-22(23)31)15-18(36)17-35)29(20)40-27(19)9-6-11-32-25-13-21(30)28(41(3,37)38)14-26(25)39-2/h5,7-8,13-14,18,22-23,32-33,35-36H,4,10-12,15-17H2,1-3H3. The molecule has 1 saturated heterocycles. The number of aliphatic hydroxyl groups is 2. The fourth-order valence-corrected chi connectivity index (χ4v) is 6.95. The van der Waals surface area contributed by atoms with Crippen LogP contribution in [0, 0.1) is 17.7 Å². The normalized spacial score (nSPS) is 18.5. The summed E-state index contributed by atoms with van der Waals surface area (Å²) >= 11 is 1.53. The first-order valence-electron chi connectivity index (χ1n) is 13.3. The molecule has 2 aromatic carbocycles. The molecule has 12 heteroatoms. The van der Waals surface area contributed by atoms with Crippen molar-refractivity contribution in [2.24, 2.45) is 0 Å². The number of nitrogens with zero attached hydrogens (tertiary/aromatic N) is 1. The highest BCUT2D eigenvalue weighted by Crippen LogP contribution is 2.37. The Morgan fingerprint density at radius 2 is 2.07 bits per heavy atom. The minimum atomic E-state index is -3.74. The molecule has 3 atom stereocenters. The Balaban J connectivity index is 1.50. The molecule has 0 amide bonds. The second-order valence-electron chi connectivity index (χ2n) is 10.0. The van der Waals surface area contributed by atoms with Gasteiger partial charge in [0.2, 0.25) is 0 Å². The molecule has 0 spiro atoms. The van der Waals surface area contributed by atoms with E-state index in [-0.39, 0.29) is 38.0 Å². The summed E-state index contributed by atoms with van der Waals surface area (Å²) in [7, 11) is -2.37. The summed E-state index contributed by atoms with van der Waals surface area (Å²) in [6.07, 6.45) is 0.248. The molecule has 1 aromatic heterocycles. The smallest absolute Gasteiger partial charge is 0.178 e. The van der Waals surface area contributed by atoms with Gasteiger partial charge in [-0.25, -0.2) is 17.2 Å². The number of nitrogens with one attached hydrogen (secondary N) is 2. The monoisotopic (exact) mass is 607 g/mol. The van der Waals surface area contributed by atoms with Gasteiger partial charge in [0, 0.05) is 38.0 Å². The van der Waals surface area contributed by atoms with Gasteiger partial charge in [0.25, 0.3) is 0 Å². The number of alkyl halides is 1. The van der Waals surface area contributed by atoms with E-state index in [0.717, 1.165) is 51.0 Å². The van der Waals surface area contributed by atoms with Crippen molar-refractivity contribution in [2.75, 3.05) is 56.8 Å². The molecule has 3 unspecified atom stereocenters. The van der Waals surface area contributed by atoms with E-state index in [2.05, 4.69) is 29.4 Å². The highest BCUT2D eigenvalue weighted by atomic mass is 32.2. The minimum absolute atomic E-state index is 0.170. The largest absolute Gasteiger partial charge is 0.495 e. The van der Waals surface area contributed by atoms with Crippen LogP contribution in [0.1, 0.15) is 23.8 Å². The van der Waals surface area contributed by atoms with E-state index in [0.29, 0.717) is 18.7 Å². The van der Waals surface area contributed by atoms with Crippen molar-refractivity contribution in [1.29, 1.82) is 0 Å². The Bertz CT molecular complexity index is 1550. The van der Waals surface area contributed by atoms with Crippen LogP contribution in [0.4, 0.5) is 20.2 Å². The van der Waals surface area contributed by atoms with Crippen LogP contribution in [0.5, 0.6) is 5.75 Å². The SMILES string of the molecule is CCc1c(C#CCNc2cc(F)c(S(C)(=O)=O)cc2OC)sc2c(NC3CCN(CC(O)CO)CC3F)cccc12. The Labute approximate surface area is 243 Å².